The third-order valence-electron chi connectivity index (χ3n) is 4.18. The molecule has 0 aliphatic heterocycles. The van der Waals surface area contributed by atoms with Gasteiger partial charge in [0.05, 0.1) is 5.69 Å². The molecule has 3 aromatic rings. The van der Waals surface area contributed by atoms with Gasteiger partial charge in [0.1, 0.15) is 10.6 Å². The number of carbonyl (C=O) groups is 1. The lowest BCUT2D eigenvalue weighted by Crippen LogP contribution is -2.14. The van der Waals surface area contributed by atoms with Crippen molar-refractivity contribution >= 4 is 23.1 Å². The molecule has 1 aliphatic rings. The van der Waals surface area contributed by atoms with Gasteiger partial charge in [-0.2, -0.15) is 17.5 Å². The minimum atomic E-state index is -4.57. The number of halogens is 3. The van der Waals surface area contributed by atoms with E-state index in [9.17, 15) is 18.0 Å². The zero-order chi connectivity index (χ0) is 19.0. The standard InChI is InChI=1S/C18H13F3N4OS/c19-18(20,21)13-9-12(5-8-23-13)24-17(26)16-14(10-1-2-10)15(25-27-16)11-3-6-22-7-4-11/h3-10H,1-2H2,(H,23,24,26). The summed E-state index contributed by atoms with van der Waals surface area (Å²) in [5.41, 5.74) is 1.45. The Morgan fingerprint density at radius 3 is 2.56 bits per heavy atom. The van der Waals surface area contributed by atoms with Crippen molar-refractivity contribution in [1.29, 1.82) is 0 Å². The first-order chi connectivity index (χ1) is 12.9. The maximum Gasteiger partial charge on any atom is 0.433 e. The van der Waals surface area contributed by atoms with E-state index in [1.165, 1.54) is 6.07 Å². The molecule has 1 aliphatic carbocycles. The molecule has 0 aromatic carbocycles. The highest BCUT2D eigenvalue weighted by Crippen LogP contribution is 2.47. The number of nitrogens with one attached hydrogen (secondary N) is 1. The maximum atomic E-state index is 12.8. The Labute approximate surface area is 156 Å². The fourth-order valence-electron chi connectivity index (χ4n) is 2.78. The van der Waals surface area contributed by atoms with Crippen LogP contribution in [0.4, 0.5) is 18.9 Å². The van der Waals surface area contributed by atoms with Crippen LogP contribution in [0.3, 0.4) is 0 Å². The van der Waals surface area contributed by atoms with Crippen molar-refractivity contribution in [1.82, 2.24) is 14.3 Å². The van der Waals surface area contributed by atoms with Crippen LogP contribution in [0.1, 0.15) is 39.7 Å². The van der Waals surface area contributed by atoms with Crippen LogP contribution in [0, 0.1) is 0 Å². The van der Waals surface area contributed by atoms with Gasteiger partial charge in [0, 0.05) is 35.4 Å². The molecule has 1 saturated carbocycles. The van der Waals surface area contributed by atoms with E-state index < -0.39 is 17.8 Å². The van der Waals surface area contributed by atoms with Crippen molar-refractivity contribution in [2.45, 2.75) is 24.9 Å². The summed E-state index contributed by atoms with van der Waals surface area (Å²) in [4.78, 5) is 20.4. The molecule has 0 radical (unpaired) electrons. The van der Waals surface area contributed by atoms with Crippen LogP contribution in [0.15, 0.2) is 42.9 Å². The molecule has 1 fully saturated rings. The Kier molecular flexibility index (Phi) is 4.39. The molecule has 4 rings (SSSR count). The van der Waals surface area contributed by atoms with Gasteiger partial charge in [-0.25, -0.2) is 0 Å². The molecule has 1 N–H and O–H groups in total. The number of rotatable bonds is 4. The highest BCUT2D eigenvalue weighted by atomic mass is 32.1. The van der Waals surface area contributed by atoms with Crippen molar-refractivity contribution in [3.8, 4) is 11.3 Å². The summed E-state index contributed by atoms with van der Waals surface area (Å²) in [6.45, 7) is 0. The van der Waals surface area contributed by atoms with Crippen molar-refractivity contribution in [3.63, 3.8) is 0 Å². The van der Waals surface area contributed by atoms with E-state index in [0.717, 1.165) is 53.5 Å². The molecule has 27 heavy (non-hydrogen) atoms. The molecule has 5 nitrogen and oxygen atoms in total. The Balaban J connectivity index is 1.64. The summed E-state index contributed by atoms with van der Waals surface area (Å²) in [6.07, 6.45) is 1.68. The van der Waals surface area contributed by atoms with Crippen LogP contribution in [-0.4, -0.2) is 20.2 Å². The van der Waals surface area contributed by atoms with Crippen LogP contribution < -0.4 is 5.32 Å². The second-order valence-corrected chi connectivity index (χ2v) is 6.94. The number of alkyl halides is 3. The lowest BCUT2D eigenvalue weighted by molar-refractivity contribution is -0.141. The Morgan fingerprint density at radius 2 is 1.89 bits per heavy atom. The molecule has 138 valence electrons. The van der Waals surface area contributed by atoms with Crippen LogP contribution in [-0.2, 0) is 6.18 Å². The molecular formula is C18H13F3N4OS. The van der Waals surface area contributed by atoms with Gasteiger partial charge in [0.2, 0.25) is 0 Å². The first kappa shape index (κ1) is 17.6. The monoisotopic (exact) mass is 390 g/mol. The van der Waals surface area contributed by atoms with E-state index in [4.69, 9.17) is 0 Å². The second-order valence-electron chi connectivity index (χ2n) is 6.17. The lowest BCUT2D eigenvalue weighted by atomic mass is 10.0. The van der Waals surface area contributed by atoms with E-state index in [0.29, 0.717) is 4.88 Å². The van der Waals surface area contributed by atoms with Gasteiger partial charge < -0.3 is 5.32 Å². The van der Waals surface area contributed by atoms with Gasteiger partial charge in [-0.1, -0.05) is 0 Å². The smallest absolute Gasteiger partial charge is 0.321 e. The highest BCUT2D eigenvalue weighted by molar-refractivity contribution is 7.08. The molecule has 0 spiro atoms. The number of aromatic nitrogens is 3. The topological polar surface area (TPSA) is 67.8 Å². The zero-order valence-electron chi connectivity index (χ0n) is 13.8. The van der Waals surface area contributed by atoms with Gasteiger partial charge >= 0.3 is 6.18 Å². The van der Waals surface area contributed by atoms with E-state index in [1.54, 1.807) is 12.4 Å². The number of carbonyl (C=O) groups excluding carboxylic acids is 1. The summed E-state index contributed by atoms with van der Waals surface area (Å²) >= 11 is 1.06. The van der Waals surface area contributed by atoms with Crippen molar-refractivity contribution in [2.75, 3.05) is 5.32 Å². The molecule has 0 unspecified atom stereocenters. The predicted octanol–water partition coefficient (Wildman–Crippen LogP) is 4.75. The molecule has 3 aromatic heterocycles. The summed E-state index contributed by atoms with van der Waals surface area (Å²) in [6, 6.07) is 5.79. The van der Waals surface area contributed by atoms with E-state index in [2.05, 4.69) is 19.7 Å². The SMILES string of the molecule is O=C(Nc1ccnc(C(F)(F)F)c1)c1snc(-c2ccncc2)c1C1CC1. The normalized spacial score (nSPS) is 14.2. The molecule has 0 bridgehead atoms. The van der Waals surface area contributed by atoms with Gasteiger partial charge in [0.25, 0.3) is 5.91 Å². The number of anilines is 1. The first-order valence-corrected chi connectivity index (χ1v) is 8.95. The van der Waals surface area contributed by atoms with Gasteiger partial charge in [-0.3, -0.25) is 14.8 Å². The minimum absolute atomic E-state index is 0.0444. The molecule has 1 amide bonds. The van der Waals surface area contributed by atoms with Gasteiger partial charge in [-0.05, 0) is 54.6 Å². The average Bonchev–Trinajstić information content (AvgIpc) is 3.39. The molecular weight excluding hydrogens is 377 g/mol. The average molecular weight is 390 g/mol. The lowest BCUT2D eigenvalue weighted by Gasteiger charge is -2.09. The fourth-order valence-corrected chi connectivity index (χ4v) is 3.66. The zero-order valence-corrected chi connectivity index (χ0v) is 14.6. The van der Waals surface area contributed by atoms with Crippen LogP contribution in [0.2, 0.25) is 0 Å². The first-order valence-electron chi connectivity index (χ1n) is 8.18. The third kappa shape index (κ3) is 3.68. The van der Waals surface area contributed by atoms with Crippen LogP contribution in [0.5, 0.6) is 0 Å². The van der Waals surface area contributed by atoms with E-state index in [1.807, 2.05) is 12.1 Å². The van der Waals surface area contributed by atoms with E-state index >= 15 is 0 Å². The van der Waals surface area contributed by atoms with Gasteiger partial charge in [-0.15, -0.1) is 0 Å². The maximum absolute atomic E-state index is 12.8. The van der Waals surface area contributed by atoms with Crippen molar-refractivity contribution < 1.29 is 18.0 Å². The molecule has 0 atom stereocenters. The molecule has 9 heteroatoms. The number of hydrogen-bond acceptors (Lipinski definition) is 5. The number of hydrogen-bond donors (Lipinski definition) is 1. The van der Waals surface area contributed by atoms with Crippen LogP contribution in [0.25, 0.3) is 11.3 Å². The van der Waals surface area contributed by atoms with Crippen molar-refractivity contribution in [3.05, 3.63) is 59.0 Å². The number of amides is 1. The fraction of sp³-hybridized carbons (Fsp3) is 0.222. The molecule has 3 heterocycles. The highest BCUT2D eigenvalue weighted by Gasteiger charge is 2.35. The Hall–Kier alpha value is -2.81. The third-order valence-corrected chi connectivity index (χ3v) is 5.04. The predicted molar refractivity (Wildman–Crippen MR) is 94.5 cm³/mol. The summed E-state index contributed by atoms with van der Waals surface area (Å²) in [5, 5.41) is 2.54. The number of nitrogens with zero attached hydrogens (tertiary/aromatic N) is 3. The van der Waals surface area contributed by atoms with Crippen molar-refractivity contribution in [2.24, 2.45) is 0 Å². The van der Waals surface area contributed by atoms with Gasteiger partial charge in [0.15, 0.2) is 0 Å². The number of pyridine rings is 2. The minimum Gasteiger partial charge on any atom is -0.321 e. The van der Waals surface area contributed by atoms with E-state index in [-0.39, 0.29) is 11.6 Å². The quantitative estimate of drug-likeness (QED) is 0.698. The summed E-state index contributed by atoms with van der Waals surface area (Å²) in [7, 11) is 0. The summed E-state index contributed by atoms with van der Waals surface area (Å²) in [5.74, 6) is -0.218. The van der Waals surface area contributed by atoms with Crippen LogP contribution >= 0.6 is 11.5 Å². The Morgan fingerprint density at radius 1 is 1.15 bits per heavy atom. The molecule has 0 saturated heterocycles. The summed E-state index contributed by atoms with van der Waals surface area (Å²) < 4.78 is 42.9. The largest absolute Gasteiger partial charge is 0.433 e. The Bertz CT molecular complexity index is 984. The second kappa shape index (κ2) is 6.73.